The normalized spacial score (nSPS) is 11.1. The molecule has 0 saturated carbocycles. The van der Waals surface area contributed by atoms with E-state index in [1.807, 2.05) is 0 Å². The maximum atomic E-state index is 13.0. The largest absolute Gasteiger partial charge is 0.504 e. The van der Waals surface area contributed by atoms with Crippen LogP contribution in [0.3, 0.4) is 0 Å². The molecule has 0 aliphatic heterocycles. The van der Waals surface area contributed by atoms with E-state index in [0.29, 0.717) is 27.8 Å². The monoisotopic (exact) mass is 467 g/mol. The molecule has 0 atom stereocenters. The van der Waals surface area contributed by atoms with Gasteiger partial charge in [0.1, 0.15) is 5.75 Å². The molecule has 0 bridgehead atoms. The first-order valence-corrected chi connectivity index (χ1v) is 9.99. The summed E-state index contributed by atoms with van der Waals surface area (Å²) in [5.41, 5.74) is 1.18. The van der Waals surface area contributed by atoms with Crippen molar-refractivity contribution in [3.05, 3.63) is 53.7 Å². The molecule has 4 aromatic rings. The highest BCUT2D eigenvalue weighted by molar-refractivity contribution is 6.05. The van der Waals surface area contributed by atoms with Crippen molar-refractivity contribution in [1.29, 1.82) is 0 Å². The molecule has 0 spiro atoms. The van der Waals surface area contributed by atoms with Crippen LogP contribution in [0.15, 0.2) is 42.6 Å². The number of methoxy groups -OCH3 is 1. The Bertz CT molecular complexity index is 1440. The predicted octanol–water partition coefficient (Wildman–Crippen LogP) is 2.93. The quantitative estimate of drug-likeness (QED) is 0.166. The van der Waals surface area contributed by atoms with E-state index >= 15 is 0 Å². The van der Waals surface area contributed by atoms with Crippen molar-refractivity contribution < 1.29 is 45.3 Å². The van der Waals surface area contributed by atoms with Crippen molar-refractivity contribution in [3.8, 4) is 51.4 Å². The van der Waals surface area contributed by atoms with E-state index < -0.39 is 40.3 Å². The number of aliphatic hydroxyl groups is 1. The number of nitrogens with zero attached hydrogens (tertiary/aromatic N) is 1. The lowest BCUT2D eigenvalue weighted by molar-refractivity contribution is 0.0970. The summed E-state index contributed by atoms with van der Waals surface area (Å²) in [6, 6.07) is 8.02. The zero-order valence-electron chi connectivity index (χ0n) is 17.8. The molecule has 10 nitrogen and oxygen atoms in total. The van der Waals surface area contributed by atoms with Crippen molar-refractivity contribution in [2.75, 3.05) is 7.11 Å². The van der Waals surface area contributed by atoms with Gasteiger partial charge in [-0.3, -0.25) is 4.79 Å². The number of phenols is 6. The van der Waals surface area contributed by atoms with Crippen molar-refractivity contribution in [2.45, 2.75) is 13.2 Å². The number of aromatic nitrogens is 1. The van der Waals surface area contributed by atoms with E-state index in [9.17, 15) is 40.5 Å². The predicted molar refractivity (Wildman–Crippen MR) is 121 cm³/mol. The highest BCUT2D eigenvalue weighted by atomic mass is 16.5. The Morgan fingerprint density at radius 1 is 0.853 bits per heavy atom. The van der Waals surface area contributed by atoms with Crippen LogP contribution in [-0.4, -0.2) is 53.2 Å². The average Bonchev–Trinajstić information content (AvgIpc) is 3.18. The van der Waals surface area contributed by atoms with Crippen LogP contribution >= 0.6 is 0 Å². The molecule has 0 aliphatic carbocycles. The summed E-state index contributed by atoms with van der Waals surface area (Å²) in [7, 11) is 1.41. The van der Waals surface area contributed by atoms with E-state index in [0.717, 1.165) is 6.07 Å². The van der Waals surface area contributed by atoms with Crippen LogP contribution in [0.5, 0.6) is 40.2 Å². The summed E-state index contributed by atoms with van der Waals surface area (Å²) in [6.07, 6.45) is 1.51. The topological polar surface area (TPSA) is 173 Å². The second kappa shape index (κ2) is 8.41. The zero-order valence-corrected chi connectivity index (χ0v) is 17.8. The molecular formula is C24H21NO9. The fourth-order valence-corrected chi connectivity index (χ4v) is 3.85. The number of phenolic OH excluding ortho intramolecular Hbond substituents is 6. The van der Waals surface area contributed by atoms with Gasteiger partial charge in [0.05, 0.1) is 31.3 Å². The summed E-state index contributed by atoms with van der Waals surface area (Å²) >= 11 is 0. The van der Waals surface area contributed by atoms with Gasteiger partial charge in [0.2, 0.25) is 11.5 Å². The van der Waals surface area contributed by atoms with Gasteiger partial charge in [-0.05, 0) is 42.0 Å². The summed E-state index contributed by atoms with van der Waals surface area (Å²) in [4.78, 5) is 13.0. The minimum absolute atomic E-state index is 0.145. The third-order valence-corrected chi connectivity index (χ3v) is 5.57. The number of fused-ring (bicyclic) bond motifs is 1. The maximum absolute atomic E-state index is 13.0. The lowest BCUT2D eigenvalue weighted by atomic mass is 10.0. The number of carbonyl (C=O) groups excluding carboxylic acids is 1. The molecule has 0 aliphatic rings. The van der Waals surface area contributed by atoms with Crippen molar-refractivity contribution in [1.82, 2.24) is 4.57 Å². The number of Topliss-reactive ketones (excluding diaryl/α,β-unsaturated/α-hetero) is 1. The summed E-state index contributed by atoms with van der Waals surface area (Å²) in [6.45, 7) is -0.657. The Kier molecular flexibility index (Phi) is 5.60. The van der Waals surface area contributed by atoms with Crippen molar-refractivity contribution >= 4 is 16.7 Å². The summed E-state index contributed by atoms with van der Waals surface area (Å²) < 4.78 is 6.96. The van der Waals surface area contributed by atoms with Gasteiger partial charge in [0.15, 0.2) is 28.8 Å². The zero-order chi connectivity index (χ0) is 24.7. The number of ketones is 1. The standard InChI is InChI=1S/C24H21NO9/c1-34-19-7-11(10-26)6-15-20(19)14(12-2-4-16(27)23(32)21(12)30)8-25(15)9-18(29)13-3-5-17(28)24(33)22(13)31/h2-8,26-28,30-33H,9-10H2,1H3. The number of benzene rings is 3. The average molecular weight is 467 g/mol. The Balaban J connectivity index is 1.94. The molecule has 4 rings (SSSR count). The summed E-state index contributed by atoms with van der Waals surface area (Å²) in [5, 5.41) is 69.7. The van der Waals surface area contributed by atoms with Crippen LogP contribution in [0.1, 0.15) is 15.9 Å². The maximum Gasteiger partial charge on any atom is 0.201 e. The minimum atomic E-state index is -0.822. The van der Waals surface area contributed by atoms with Crippen LogP contribution in [0.25, 0.3) is 22.0 Å². The third-order valence-electron chi connectivity index (χ3n) is 5.57. The molecule has 0 unspecified atom stereocenters. The Labute approximate surface area is 192 Å². The molecule has 0 radical (unpaired) electrons. The Morgan fingerprint density at radius 3 is 2.15 bits per heavy atom. The smallest absolute Gasteiger partial charge is 0.201 e. The highest BCUT2D eigenvalue weighted by Crippen LogP contribution is 2.47. The number of ether oxygens (including phenoxy) is 1. The lowest BCUT2D eigenvalue weighted by Crippen LogP contribution is -2.10. The van der Waals surface area contributed by atoms with Crippen molar-refractivity contribution in [2.24, 2.45) is 0 Å². The van der Waals surface area contributed by atoms with E-state index in [-0.39, 0.29) is 24.3 Å². The second-order valence-corrected chi connectivity index (χ2v) is 7.60. The molecule has 7 N–H and O–H groups in total. The third kappa shape index (κ3) is 3.55. The molecular weight excluding hydrogens is 446 g/mol. The highest BCUT2D eigenvalue weighted by Gasteiger charge is 2.23. The molecule has 1 aromatic heterocycles. The first kappa shape index (κ1) is 22.6. The van der Waals surface area contributed by atoms with Crippen LogP contribution in [0.4, 0.5) is 0 Å². The number of aliphatic hydroxyl groups excluding tert-OH is 1. The van der Waals surface area contributed by atoms with Gasteiger partial charge < -0.3 is 45.0 Å². The van der Waals surface area contributed by atoms with E-state index in [2.05, 4.69) is 0 Å². The van der Waals surface area contributed by atoms with Crippen LogP contribution in [0, 0.1) is 0 Å². The second-order valence-electron chi connectivity index (χ2n) is 7.60. The van der Waals surface area contributed by atoms with Gasteiger partial charge in [-0.25, -0.2) is 0 Å². The molecule has 0 amide bonds. The number of carbonyl (C=O) groups is 1. The van der Waals surface area contributed by atoms with Gasteiger partial charge in [0.25, 0.3) is 0 Å². The van der Waals surface area contributed by atoms with Gasteiger partial charge in [-0.2, -0.15) is 0 Å². The first-order valence-electron chi connectivity index (χ1n) is 9.99. The molecule has 176 valence electrons. The van der Waals surface area contributed by atoms with Gasteiger partial charge in [0, 0.05) is 22.7 Å². The molecule has 34 heavy (non-hydrogen) atoms. The fourth-order valence-electron chi connectivity index (χ4n) is 3.85. The first-order chi connectivity index (χ1) is 16.2. The Morgan fingerprint density at radius 2 is 1.50 bits per heavy atom. The Hall–Kier alpha value is -4.57. The van der Waals surface area contributed by atoms with E-state index in [1.165, 1.54) is 36.1 Å². The van der Waals surface area contributed by atoms with Crippen LogP contribution < -0.4 is 4.74 Å². The van der Waals surface area contributed by atoms with Gasteiger partial charge in [-0.15, -0.1) is 0 Å². The molecule has 1 heterocycles. The fraction of sp³-hybridized carbons (Fsp3) is 0.125. The van der Waals surface area contributed by atoms with Crippen LogP contribution in [0.2, 0.25) is 0 Å². The van der Waals surface area contributed by atoms with Gasteiger partial charge >= 0.3 is 0 Å². The molecule has 10 heteroatoms. The summed E-state index contributed by atoms with van der Waals surface area (Å²) in [5.74, 6) is -4.28. The van der Waals surface area contributed by atoms with Gasteiger partial charge in [-0.1, -0.05) is 0 Å². The van der Waals surface area contributed by atoms with Crippen molar-refractivity contribution in [3.63, 3.8) is 0 Å². The molecule has 0 saturated heterocycles. The van der Waals surface area contributed by atoms with E-state index in [1.54, 1.807) is 12.1 Å². The number of hydrogen-bond donors (Lipinski definition) is 7. The number of hydrogen-bond acceptors (Lipinski definition) is 9. The lowest BCUT2D eigenvalue weighted by Gasteiger charge is -2.11. The van der Waals surface area contributed by atoms with E-state index in [4.69, 9.17) is 4.74 Å². The number of rotatable bonds is 6. The molecule has 0 fully saturated rings. The minimum Gasteiger partial charge on any atom is -0.504 e. The van der Waals surface area contributed by atoms with Crippen LogP contribution in [-0.2, 0) is 13.2 Å². The number of aromatic hydroxyl groups is 6. The molecule has 3 aromatic carbocycles. The SMILES string of the molecule is COc1cc(CO)cc2c1c(-c1ccc(O)c(O)c1O)cn2CC(=O)c1ccc(O)c(O)c1O.